The predicted molar refractivity (Wildman–Crippen MR) is 112 cm³/mol. The summed E-state index contributed by atoms with van der Waals surface area (Å²) in [4.78, 5) is 13.6. The average molecular weight is 387 g/mol. The van der Waals surface area contributed by atoms with Gasteiger partial charge >= 0.3 is 0 Å². The first-order chi connectivity index (χ1) is 13.1. The summed E-state index contributed by atoms with van der Waals surface area (Å²) in [5.74, 6) is 1.80. The minimum absolute atomic E-state index is 0.667. The number of likely N-dealkylation sites (N-methyl/N-ethyl adjacent to an activating group) is 1. The monoisotopic (exact) mass is 386 g/mol. The highest BCUT2D eigenvalue weighted by Gasteiger charge is 2.14. The van der Waals surface area contributed by atoms with Crippen molar-refractivity contribution >= 4 is 23.4 Å². The van der Waals surface area contributed by atoms with Crippen molar-refractivity contribution < 1.29 is 0 Å². The number of nitrogens with one attached hydrogen (secondary N) is 2. The topological polar surface area (TPSA) is 55.8 Å². The summed E-state index contributed by atoms with van der Waals surface area (Å²) < 4.78 is 0. The Morgan fingerprint density at radius 3 is 2.44 bits per heavy atom. The smallest absolute Gasteiger partial charge is 0.191 e. The molecule has 27 heavy (non-hydrogen) atoms. The van der Waals surface area contributed by atoms with Crippen molar-refractivity contribution in [1.82, 2.24) is 20.5 Å². The van der Waals surface area contributed by atoms with Crippen LogP contribution in [0.3, 0.4) is 0 Å². The molecule has 0 saturated carbocycles. The van der Waals surface area contributed by atoms with E-state index in [1.165, 1.54) is 0 Å². The summed E-state index contributed by atoms with van der Waals surface area (Å²) in [7, 11) is 3.93. The van der Waals surface area contributed by atoms with Gasteiger partial charge in [-0.15, -0.1) is 0 Å². The molecule has 3 rings (SSSR count). The van der Waals surface area contributed by atoms with Crippen molar-refractivity contribution in [2.45, 2.75) is 13.1 Å². The van der Waals surface area contributed by atoms with Crippen LogP contribution in [0.4, 0.5) is 5.82 Å². The van der Waals surface area contributed by atoms with E-state index in [1.54, 1.807) is 7.05 Å². The van der Waals surface area contributed by atoms with Crippen molar-refractivity contribution in [2.24, 2.45) is 4.99 Å². The largest absolute Gasteiger partial charge is 0.354 e. The highest BCUT2D eigenvalue weighted by molar-refractivity contribution is 6.30. The molecule has 2 N–H and O–H groups in total. The molecule has 6 nitrogen and oxygen atoms in total. The Hall–Kier alpha value is -2.31. The molecule has 0 unspecified atom stereocenters. The van der Waals surface area contributed by atoms with Gasteiger partial charge in [-0.25, -0.2) is 4.98 Å². The van der Waals surface area contributed by atoms with Crippen molar-refractivity contribution in [1.29, 1.82) is 0 Å². The maximum Gasteiger partial charge on any atom is 0.191 e. The Morgan fingerprint density at radius 1 is 1.07 bits per heavy atom. The number of guanidine groups is 1. The summed E-state index contributed by atoms with van der Waals surface area (Å²) >= 11 is 6.02. The lowest BCUT2D eigenvalue weighted by Gasteiger charge is -2.33. The van der Waals surface area contributed by atoms with Crippen molar-refractivity contribution in [2.75, 3.05) is 45.2 Å². The first kappa shape index (κ1) is 19.5. The van der Waals surface area contributed by atoms with Crippen LogP contribution in [-0.2, 0) is 13.1 Å². The van der Waals surface area contributed by atoms with Gasteiger partial charge in [0, 0.05) is 57.5 Å². The van der Waals surface area contributed by atoms with Crippen LogP contribution in [-0.4, -0.2) is 56.1 Å². The van der Waals surface area contributed by atoms with Gasteiger partial charge in [0.15, 0.2) is 5.96 Å². The number of aliphatic imine (C=N–C) groups is 1. The van der Waals surface area contributed by atoms with Crippen LogP contribution in [0.25, 0.3) is 0 Å². The number of nitrogens with zero attached hydrogens (tertiary/aromatic N) is 4. The summed E-state index contributed by atoms with van der Waals surface area (Å²) in [5, 5.41) is 7.36. The SMILES string of the molecule is CN=C(NCc1ccc(N2CCN(C)CC2)nc1)NCc1cccc(Cl)c1. The fourth-order valence-electron chi connectivity index (χ4n) is 2.98. The minimum atomic E-state index is 0.667. The van der Waals surface area contributed by atoms with E-state index in [0.29, 0.717) is 13.1 Å². The van der Waals surface area contributed by atoms with Gasteiger partial charge in [0.25, 0.3) is 0 Å². The van der Waals surface area contributed by atoms with Gasteiger partial charge in [-0.05, 0) is 36.4 Å². The molecule has 0 atom stereocenters. The Kier molecular flexibility index (Phi) is 6.90. The van der Waals surface area contributed by atoms with Crippen LogP contribution in [0.1, 0.15) is 11.1 Å². The van der Waals surface area contributed by atoms with Crippen LogP contribution >= 0.6 is 11.6 Å². The van der Waals surface area contributed by atoms with E-state index in [-0.39, 0.29) is 0 Å². The second kappa shape index (κ2) is 9.58. The third-order valence-corrected chi connectivity index (χ3v) is 4.90. The maximum atomic E-state index is 6.02. The number of pyridine rings is 1. The minimum Gasteiger partial charge on any atom is -0.354 e. The number of hydrogen-bond donors (Lipinski definition) is 2. The number of piperazine rings is 1. The zero-order chi connectivity index (χ0) is 19.1. The summed E-state index contributed by atoms with van der Waals surface area (Å²) in [6.07, 6.45) is 1.94. The molecule has 0 amide bonds. The van der Waals surface area contributed by atoms with E-state index in [0.717, 1.165) is 54.1 Å². The highest BCUT2D eigenvalue weighted by Crippen LogP contribution is 2.13. The Bertz CT molecular complexity index is 753. The number of aromatic nitrogens is 1. The van der Waals surface area contributed by atoms with Crippen LogP contribution in [0.5, 0.6) is 0 Å². The second-order valence-corrected chi connectivity index (χ2v) is 7.16. The third-order valence-electron chi connectivity index (χ3n) is 4.67. The van der Waals surface area contributed by atoms with E-state index >= 15 is 0 Å². The van der Waals surface area contributed by atoms with Crippen LogP contribution < -0.4 is 15.5 Å². The molecule has 2 heterocycles. The first-order valence-electron chi connectivity index (χ1n) is 9.21. The number of rotatable bonds is 5. The van der Waals surface area contributed by atoms with Crippen LogP contribution in [0.15, 0.2) is 47.6 Å². The molecule has 1 fully saturated rings. The van der Waals surface area contributed by atoms with E-state index in [9.17, 15) is 0 Å². The summed E-state index contributed by atoms with van der Waals surface area (Å²) in [5.41, 5.74) is 2.24. The molecule has 1 aromatic heterocycles. The van der Waals surface area contributed by atoms with Gasteiger partial charge in [0.05, 0.1) is 0 Å². The molecule has 2 aromatic rings. The first-order valence-corrected chi connectivity index (χ1v) is 9.59. The van der Waals surface area contributed by atoms with Crippen LogP contribution in [0, 0.1) is 0 Å². The van der Waals surface area contributed by atoms with Gasteiger partial charge in [-0.1, -0.05) is 29.8 Å². The fourth-order valence-corrected chi connectivity index (χ4v) is 3.20. The molecule has 1 saturated heterocycles. The van der Waals surface area contributed by atoms with Crippen molar-refractivity contribution in [3.05, 3.63) is 58.7 Å². The number of anilines is 1. The number of hydrogen-bond acceptors (Lipinski definition) is 4. The van der Waals surface area contributed by atoms with Crippen molar-refractivity contribution in [3.8, 4) is 0 Å². The molecular formula is C20H27ClN6. The Morgan fingerprint density at radius 2 is 1.81 bits per heavy atom. The fraction of sp³-hybridized carbons (Fsp3) is 0.400. The molecule has 0 radical (unpaired) electrons. The molecular weight excluding hydrogens is 360 g/mol. The molecule has 1 aromatic carbocycles. The molecule has 1 aliphatic rings. The molecule has 1 aliphatic heterocycles. The van der Waals surface area contributed by atoms with Gasteiger partial charge in [-0.2, -0.15) is 0 Å². The average Bonchev–Trinajstić information content (AvgIpc) is 2.69. The zero-order valence-electron chi connectivity index (χ0n) is 16.0. The lowest BCUT2D eigenvalue weighted by atomic mass is 10.2. The predicted octanol–water partition coefficient (Wildman–Crippen LogP) is 2.35. The zero-order valence-corrected chi connectivity index (χ0v) is 16.7. The number of halogens is 1. The van der Waals surface area contributed by atoms with Crippen molar-refractivity contribution in [3.63, 3.8) is 0 Å². The lowest BCUT2D eigenvalue weighted by Crippen LogP contribution is -2.44. The summed E-state index contributed by atoms with van der Waals surface area (Å²) in [6, 6.07) is 12.0. The van der Waals surface area contributed by atoms with Gasteiger partial charge in [0.1, 0.15) is 5.82 Å². The van der Waals surface area contributed by atoms with Crippen LogP contribution in [0.2, 0.25) is 5.02 Å². The van der Waals surface area contributed by atoms with Gasteiger partial charge in [-0.3, -0.25) is 4.99 Å². The number of benzene rings is 1. The summed E-state index contributed by atoms with van der Waals surface area (Å²) in [6.45, 7) is 5.56. The van der Waals surface area contributed by atoms with Gasteiger partial charge in [0.2, 0.25) is 0 Å². The Balaban J connectivity index is 1.48. The van der Waals surface area contributed by atoms with Gasteiger partial charge < -0.3 is 20.4 Å². The van der Waals surface area contributed by atoms with E-state index < -0.39 is 0 Å². The standard InChI is InChI=1S/C20H27ClN6/c1-22-20(24-13-16-4-3-5-18(21)12-16)25-15-17-6-7-19(23-14-17)27-10-8-26(2)9-11-27/h3-7,12,14H,8-11,13,15H2,1-2H3,(H2,22,24,25). The maximum absolute atomic E-state index is 6.02. The van der Waals surface area contributed by atoms with E-state index in [2.05, 4.69) is 49.6 Å². The Labute approximate surface area is 166 Å². The third kappa shape index (κ3) is 5.84. The molecule has 0 spiro atoms. The molecule has 144 valence electrons. The second-order valence-electron chi connectivity index (χ2n) is 6.72. The lowest BCUT2D eigenvalue weighted by molar-refractivity contribution is 0.312. The van der Waals surface area contributed by atoms with E-state index in [4.69, 9.17) is 11.6 Å². The quantitative estimate of drug-likeness (QED) is 0.610. The molecule has 7 heteroatoms. The van der Waals surface area contributed by atoms with E-state index in [1.807, 2.05) is 30.5 Å². The normalized spacial score (nSPS) is 15.7. The highest BCUT2D eigenvalue weighted by atomic mass is 35.5. The molecule has 0 aliphatic carbocycles. The molecule has 0 bridgehead atoms.